The van der Waals surface area contributed by atoms with Gasteiger partial charge in [-0.05, 0) is 24.3 Å². The molecule has 88 valence electrons. The first kappa shape index (κ1) is 14.5. The molecule has 0 amide bonds. The molecule has 0 N–H and O–H groups in total. The van der Waals surface area contributed by atoms with Crippen molar-refractivity contribution in [3.8, 4) is 6.07 Å². The summed E-state index contributed by atoms with van der Waals surface area (Å²) < 4.78 is 0. The Balaban J connectivity index is 0.000000921. The van der Waals surface area contributed by atoms with Crippen LogP contribution in [0.25, 0.3) is 0 Å². The quantitative estimate of drug-likeness (QED) is 0.714. The lowest BCUT2D eigenvalue weighted by molar-refractivity contribution is 0.211. The summed E-state index contributed by atoms with van der Waals surface area (Å²) in [5.74, 6) is 0.750. The Morgan fingerprint density at radius 3 is 2.40 bits per heavy atom. The molecule has 1 rings (SSSR count). The van der Waals surface area contributed by atoms with Crippen LogP contribution in [0.5, 0.6) is 0 Å². The van der Waals surface area contributed by atoms with Crippen molar-refractivity contribution in [2.45, 2.75) is 47.5 Å². The van der Waals surface area contributed by atoms with Gasteiger partial charge in [0.15, 0.2) is 0 Å². The van der Waals surface area contributed by atoms with Crippen molar-refractivity contribution < 1.29 is 0 Å². The monoisotopic (exact) mass is 210 g/mol. The predicted octanol–water partition coefficient (Wildman–Crippen LogP) is 3.29. The molecule has 0 aliphatic carbocycles. The van der Waals surface area contributed by atoms with Crippen LogP contribution in [0.15, 0.2) is 0 Å². The summed E-state index contributed by atoms with van der Waals surface area (Å²) in [4.78, 5) is 2.42. The third-order valence-corrected chi connectivity index (χ3v) is 3.52. The van der Waals surface area contributed by atoms with Gasteiger partial charge in [-0.15, -0.1) is 0 Å². The highest BCUT2D eigenvalue weighted by Crippen LogP contribution is 2.36. The molecule has 2 heteroatoms. The van der Waals surface area contributed by atoms with Crippen molar-refractivity contribution >= 4 is 0 Å². The second-order valence-electron chi connectivity index (χ2n) is 4.74. The van der Waals surface area contributed by atoms with E-state index in [1.54, 1.807) is 0 Å². The summed E-state index contributed by atoms with van der Waals surface area (Å²) in [5, 5.41) is 8.49. The summed E-state index contributed by atoms with van der Waals surface area (Å²) in [6, 6.07) is 2.21. The Hall–Kier alpha value is -0.550. The maximum absolute atomic E-state index is 8.49. The van der Waals surface area contributed by atoms with Crippen molar-refractivity contribution in [3.63, 3.8) is 0 Å². The van der Waals surface area contributed by atoms with Gasteiger partial charge in [-0.25, -0.2) is 0 Å². The van der Waals surface area contributed by atoms with Gasteiger partial charge in [-0.2, -0.15) is 5.26 Å². The molecule has 1 saturated heterocycles. The fraction of sp³-hybridized carbons (Fsp3) is 0.923. The molecule has 1 aliphatic rings. The lowest BCUT2D eigenvalue weighted by Gasteiger charge is -2.28. The third kappa shape index (κ3) is 4.22. The molecule has 0 saturated carbocycles. The molecule has 15 heavy (non-hydrogen) atoms. The highest BCUT2D eigenvalue weighted by molar-refractivity contribution is 4.89. The first-order chi connectivity index (χ1) is 7.08. The highest BCUT2D eigenvalue weighted by atomic mass is 15.2. The van der Waals surface area contributed by atoms with Gasteiger partial charge in [-0.1, -0.05) is 34.6 Å². The summed E-state index contributed by atoms with van der Waals surface area (Å²) in [6.07, 6.45) is 1.96. The lowest BCUT2D eigenvalue weighted by Crippen LogP contribution is -2.29. The topological polar surface area (TPSA) is 27.0 Å². The molecule has 1 fully saturated rings. The summed E-state index contributed by atoms with van der Waals surface area (Å²) in [5.41, 5.74) is 0.482. The summed E-state index contributed by atoms with van der Waals surface area (Å²) >= 11 is 0. The molecule has 0 bridgehead atoms. The SMILES string of the molecule is CC.CC(C)C1(C)CCN(CCC#N)C1. The van der Waals surface area contributed by atoms with Crippen molar-refractivity contribution in [2.24, 2.45) is 11.3 Å². The number of hydrogen-bond donors (Lipinski definition) is 0. The van der Waals surface area contributed by atoms with Crippen LogP contribution < -0.4 is 0 Å². The summed E-state index contributed by atoms with van der Waals surface area (Å²) in [7, 11) is 0. The van der Waals surface area contributed by atoms with E-state index in [9.17, 15) is 0 Å². The minimum atomic E-state index is 0.482. The van der Waals surface area contributed by atoms with Crippen LogP contribution in [-0.2, 0) is 0 Å². The van der Waals surface area contributed by atoms with Gasteiger partial charge >= 0.3 is 0 Å². The minimum Gasteiger partial charge on any atom is -0.302 e. The van der Waals surface area contributed by atoms with E-state index in [0.29, 0.717) is 11.8 Å². The first-order valence-electron chi connectivity index (χ1n) is 6.18. The Labute approximate surface area is 95.3 Å². The molecule has 2 nitrogen and oxygen atoms in total. The van der Waals surface area contributed by atoms with Gasteiger partial charge in [0.2, 0.25) is 0 Å². The van der Waals surface area contributed by atoms with E-state index in [4.69, 9.17) is 5.26 Å². The fourth-order valence-electron chi connectivity index (χ4n) is 1.95. The normalized spacial score (nSPS) is 25.9. The molecule has 0 aromatic heterocycles. The number of rotatable bonds is 3. The Morgan fingerprint density at radius 1 is 1.40 bits per heavy atom. The highest BCUT2D eigenvalue weighted by Gasteiger charge is 2.35. The van der Waals surface area contributed by atoms with Gasteiger partial charge in [0.05, 0.1) is 6.07 Å². The molecule has 0 aromatic carbocycles. The van der Waals surface area contributed by atoms with Gasteiger partial charge in [-0.3, -0.25) is 0 Å². The van der Waals surface area contributed by atoms with E-state index < -0.39 is 0 Å². The molecule has 1 heterocycles. The Kier molecular flexibility index (Phi) is 6.60. The van der Waals surface area contributed by atoms with E-state index in [0.717, 1.165) is 12.5 Å². The fourth-order valence-corrected chi connectivity index (χ4v) is 1.95. The van der Waals surface area contributed by atoms with Crippen LogP contribution in [0.4, 0.5) is 0 Å². The maximum Gasteiger partial charge on any atom is 0.0635 e. The van der Waals surface area contributed by atoms with Crippen molar-refractivity contribution in [3.05, 3.63) is 0 Å². The second kappa shape index (κ2) is 6.85. The van der Waals surface area contributed by atoms with Gasteiger partial charge < -0.3 is 4.90 Å². The largest absolute Gasteiger partial charge is 0.302 e. The zero-order chi connectivity index (χ0) is 11.9. The maximum atomic E-state index is 8.49. The van der Waals surface area contributed by atoms with E-state index in [1.807, 2.05) is 13.8 Å². The first-order valence-corrected chi connectivity index (χ1v) is 6.18. The Bertz CT molecular complexity index is 205. The molecule has 0 aromatic rings. The lowest BCUT2D eigenvalue weighted by atomic mass is 9.78. The Morgan fingerprint density at radius 2 is 2.00 bits per heavy atom. The van der Waals surface area contributed by atoms with E-state index in [-0.39, 0.29) is 0 Å². The van der Waals surface area contributed by atoms with Crippen molar-refractivity contribution in [2.75, 3.05) is 19.6 Å². The van der Waals surface area contributed by atoms with E-state index in [2.05, 4.69) is 31.7 Å². The molecule has 1 atom stereocenters. The van der Waals surface area contributed by atoms with E-state index in [1.165, 1.54) is 19.5 Å². The molecular weight excluding hydrogens is 184 g/mol. The third-order valence-electron chi connectivity index (χ3n) is 3.52. The standard InChI is InChI=1S/C11H20N2.C2H6/c1-10(2)11(3)5-8-13(9-11)7-4-6-12;1-2/h10H,4-5,7-9H2,1-3H3;1-2H3. The van der Waals surface area contributed by atoms with Crippen LogP contribution in [0, 0.1) is 22.7 Å². The average molecular weight is 210 g/mol. The molecule has 1 unspecified atom stereocenters. The van der Waals surface area contributed by atoms with Crippen LogP contribution >= 0.6 is 0 Å². The average Bonchev–Trinajstić information content (AvgIpc) is 2.62. The molecular formula is C13H26N2. The second-order valence-corrected chi connectivity index (χ2v) is 4.74. The number of nitrogens with zero attached hydrogens (tertiary/aromatic N) is 2. The van der Waals surface area contributed by atoms with Gasteiger partial charge in [0, 0.05) is 19.5 Å². The van der Waals surface area contributed by atoms with E-state index >= 15 is 0 Å². The minimum absolute atomic E-state index is 0.482. The van der Waals surface area contributed by atoms with Crippen LogP contribution in [-0.4, -0.2) is 24.5 Å². The van der Waals surface area contributed by atoms with Crippen molar-refractivity contribution in [1.29, 1.82) is 5.26 Å². The molecule has 0 spiro atoms. The number of likely N-dealkylation sites (tertiary alicyclic amines) is 1. The zero-order valence-electron chi connectivity index (χ0n) is 11.0. The number of hydrogen-bond acceptors (Lipinski definition) is 2. The predicted molar refractivity (Wildman–Crippen MR) is 65.6 cm³/mol. The zero-order valence-corrected chi connectivity index (χ0v) is 11.0. The van der Waals surface area contributed by atoms with Gasteiger partial charge in [0.25, 0.3) is 0 Å². The van der Waals surface area contributed by atoms with Crippen LogP contribution in [0.3, 0.4) is 0 Å². The molecule has 0 radical (unpaired) electrons. The van der Waals surface area contributed by atoms with Crippen molar-refractivity contribution in [1.82, 2.24) is 4.90 Å². The van der Waals surface area contributed by atoms with Crippen LogP contribution in [0.2, 0.25) is 0 Å². The molecule has 1 aliphatic heterocycles. The van der Waals surface area contributed by atoms with Crippen LogP contribution in [0.1, 0.15) is 47.5 Å². The van der Waals surface area contributed by atoms with Gasteiger partial charge in [0.1, 0.15) is 0 Å². The smallest absolute Gasteiger partial charge is 0.0635 e. The number of nitriles is 1. The summed E-state index contributed by atoms with van der Waals surface area (Å²) in [6.45, 7) is 14.3.